The van der Waals surface area contributed by atoms with Gasteiger partial charge < -0.3 is 0 Å². The summed E-state index contributed by atoms with van der Waals surface area (Å²) in [6.07, 6.45) is 2.54. The fourth-order valence-electron chi connectivity index (χ4n) is 1.37. The Bertz CT molecular complexity index is 581. The zero-order valence-corrected chi connectivity index (χ0v) is 12.3. The van der Waals surface area contributed by atoms with Crippen LogP contribution in [-0.2, 0) is 29.5 Å². The highest BCUT2D eigenvalue weighted by Crippen LogP contribution is 2.19. The summed E-state index contributed by atoms with van der Waals surface area (Å²) in [6.45, 7) is 4.28. The minimum atomic E-state index is -4.10. The van der Waals surface area contributed by atoms with E-state index in [1.807, 2.05) is 0 Å². The maximum absolute atomic E-state index is 11.8. The van der Waals surface area contributed by atoms with Gasteiger partial charge in [0, 0.05) is 12.5 Å². The van der Waals surface area contributed by atoms with Gasteiger partial charge >= 0.3 is 0 Å². The van der Waals surface area contributed by atoms with Gasteiger partial charge in [0.1, 0.15) is 0 Å². The molecule has 0 N–H and O–H groups in total. The van der Waals surface area contributed by atoms with E-state index in [0.29, 0.717) is 6.26 Å². The molecule has 0 aromatic rings. The lowest BCUT2D eigenvalue weighted by Crippen LogP contribution is -2.43. The molecule has 0 aliphatic heterocycles. The molecule has 0 fully saturated rings. The number of sulfone groups is 3. The first kappa shape index (κ1) is 16.6. The van der Waals surface area contributed by atoms with Gasteiger partial charge in [0.25, 0.3) is 0 Å². The summed E-state index contributed by atoms with van der Waals surface area (Å²) in [5.41, 5.74) is 0. The van der Waals surface area contributed by atoms with E-state index in [-0.39, 0.29) is 0 Å². The number of rotatable bonds is 6. The Morgan fingerprint density at radius 1 is 1.12 bits per heavy atom. The third-order valence-electron chi connectivity index (χ3n) is 2.18. The molecule has 0 saturated heterocycles. The Hall–Kier alpha value is -0.410. The Morgan fingerprint density at radius 3 is 1.76 bits per heavy atom. The Labute approximate surface area is 102 Å². The van der Waals surface area contributed by atoms with Crippen molar-refractivity contribution in [1.29, 1.82) is 0 Å². The molecular weight excluding hydrogens is 290 g/mol. The molecule has 0 amide bonds. The lowest BCUT2D eigenvalue weighted by atomic mass is 10.8. The minimum absolute atomic E-state index is 0.579. The van der Waals surface area contributed by atoms with Gasteiger partial charge in [-0.15, -0.1) is 6.58 Å². The van der Waals surface area contributed by atoms with Crippen LogP contribution in [0.4, 0.5) is 0 Å². The van der Waals surface area contributed by atoms with E-state index >= 15 is 0 Å². The first-order valence-corrected chi connectivity index (χ1v) is 10.2. The Balaban J connectivity index is 5.90. The van der Waals surface area contributed by atoms with Crippen LogP contribution in [0.15, 0.2) is 12.7 Å². The fraction of sp³-hybridized carbons (Fsp3) is 0.750. The first-order valence-electron chi connectivity index (χ1n) is 4.54. The second-order valence-electron chi connectivity index (χ2n) is 3.85. The fourth-order valence-corrected chi connectivity index (χ4v) is 8.26. The van der Waals surface area contributed by atoms with Crippen molar-refractivity contribution < 1.29 is 25.3 Å². The van der Waals surface area contributed by atoms with Gasteiger partial charge in [0.2, 0.25) is 0 Å². The van der Waals surface area contributed by atoms with Crippen LogP contribution in [0.5, 0.6) is 0 Å². The maximum Gasteiger partial charge on any atom is 0.179 e. The van der Waals surface area contributed by atoms with Crippen molar-refractivity contribution >= 4 is 29.5 Å². The van der Waals surface area contributed by atoms with Crippen LogP contribution in [-0.4, -0.2) is 53.3 Å². The summed E-state index contributed by atoms with van der Waals surface area (Å²) in [4.78, 5) is 0. The normalized spacial score (nSPS) is 17.4. The van der Waals surface area contributed by atoms with Crippen molar-refractivity contribution in [2.75, 3.05) is 18.3 Å². The molecule has 0 aliphatic rings. The lowest BCUT2D eigenvalue weighted by molar-refractivity contribution is 0.563. The minimum Gasteiger partial charge on any atom is -0.229 e. The second kappa shape index (κ2) is 5.07. The second-order valence-corrected chi connectivity index (χ2v) is 10.9. The average Bonchev–Trinajstić information content (AvgIpc) is 1.97. The SMILES string of the molecule is C=CCS(=O)(=O)C([14CH](C)S(C)(=O)=O)S(C)(=O)=O. The molecule has 17 heavy (non-hydrogen) atoms. The zero-order valence-electron chi connectivity index (χ0n) is 9.82. The third kappa shape index (κ3) is 4.40. The Kier molecular flexibility index (Phi) is 4.95. The van der Waals surface area contributed by atoms with Crippen molar-refractivity contribution in [2.24, 2.45) is 0 Å². The molecule has 0 aromatic carbocycles. The summed E-state index contributed by atoms with van der Waals surface area (Å²) >= 11 is 0. The van der Waals surface area contributed by atoms with Crippen LogP contribution in [0.25, 0.3) is 0 Å². The van der Waals surface area contributed by atoms with Crippen molar-refractivity contribution in [1.82, 2.24) is 0 Å². The van der Waals surface area contributed by atoms with Crippen LogP contribution < -0.4 is 0 Å². The van der Waals surface area contributed by atoms with Gasteiger partial charge in [-0.25, -0.2) is 25.3 Å². The molecule has 2 atom stereocenters. The van der Waals surface area contributed by atoms with E-state index in [0.717, 1.165) is 19.3 Å². The monoisotopic (exact) mass is 306 g/mol. The standard InChI is InChI=1S/C8H16O6S3/c1-5-6-17(13,14)8(16(4,11)12)7(2)15(3,9)10/h5,7-8H,1,6H2,2-4H3/i7+2. The molecule has 0 saturated carbocycles. The highest BCUT2D eigenvalue weighted by molar-refractivity contribution is 8.10. The van der Waals surface area contributed by atoms with Gasteiger partial charge in [-0.05, 0) is 6.92 Å². The van der Waals surface area contributed by atoms with Crippen LogP contribution in [0.2, 0.25) is 0 Å². The first-order chi connectivity index (χ1) is 7.34. The summed E-state index contributed by atoms with van der Waals surface area (Å²) in [5.74, 6) is -0.579. The largest absolute Gasteiger partial charge is 0.229 e. The van der Waals surface area contributed by atoms with Crippen LogP contribution >= 0.6 is 0 Å². The topological polar surface area (TPSA) is 102 Å². The van der Waals surface area contributed by atoms with Crippen LogP contribution in [0.1, 0.15) is 6.92 Å². The van der Waals surface area contributed by atoms with E-state index in [1.165, 1.54) is 0 Å². The highest BCUT2D eigenvalue weighted by atomic mass is 32.3. The van der Waals surface area contributed by atoms with Crippen molar-refractivity contribution in [3.05, 3.63) is 12.7 Å². The highest BCUT2D eigenvalue weighted by Gasteiger charge is 2.42. The molecule has 0 rings (SSSR count). The predicted octanol–water partition coefficient (Wildman–Crippen LogP) is -0.609. The third-order valence-corrected chi connectivity index (χ3v) is 9.15. The summed E-state index contributed by atoms with van der Waals surface area (Å²) in [7, 11) is -11.9. The van der Waals surface area contributed by atoms with Crippen molar-refractivity contribution in [2.45, 2.75) is 16.8 Å². The van der Waals surface area contributed by atoms with Gasteiger partial charge in [0.15, 0.2) is 34.1 Å². The van der Waals surface area contributed by atoms with Gasteiger partial charge in [-0.1, -0.05) is 6.08 Å². The van der Waals surface area contributed by atoms with Gasteiger partial charge in [0.05, 0.1) is 11.0 Å². The lowest BCUT2D eigenvalue weighted by Gasteiger charge is -2.20. The smallest absolute Gasteiger partial charge is 0.179 e. The molecule has 6 nitrogen and oxygen atoms in total. The molecule has 0 aromatic heterocycles. The molecule has 0 heterocycles. The summed E-state index contributed by atoms with van der Waals surface area (Å²) in [6, 6.07) is 0. The van der Waals surface area contributed by atoms with E-state index in [2.05, 4.69) is 6.58 Å². The molecule has 0 spiro atoms. The van der Waals surface area contributed by atoms with E-state index in [1.54, 1.807) is 0 Å². The molecule has 0 radical (unpaired) electrons. The molecule has 102 valence electrons. The van der Waals surface area contributed by atoms with Crippen LogP contribution in [0.3, 0.4) is 0 Å². The van der Waals surface area contributed by atoms with Crippen molar-refractivity contribution in [3.63, 3.8) is 0 Å². The summed E-state index contributed by atoms with van der Waals surface area (Å²) < 4.78 is 67.1. The molecule has 0 aliphatic carbocycles. The number of hydrogen-bond acceptors (Lipinski definition) is 6. The van der Waals surface area contributed by atoms with Gasteiger partial charge in [-0.2, -0.15) is 0 Å². The molecular formula is C8H16O6S3. The summed E-state index contributed by atoms with van der Waals surface area (Å²) in [5, 5.41) is -1.51. The van der Waals surface area contributed by atoms with Crippen molar-refractivity contribution in [3.8, 4) is 0 Å². The zero-order chi connectivity index (χ0) is 14.1. The van der Waals surface area contributed by atoms with Crippen LogP contribution in [0, 0.1) is 0 Å². The molecule has 2 unspecified atom stereocenters. The molecule has 0 bridgehead atoms. The van der Waals surface area contributed by atoms with Gasteiger partial charge in [-0.3, -0.25) is 0 Å². The Morgan fingerprint density at radius 2 is 1.53 bits per heavy atom. The quantitative estimate of drug-likeness (QED) is 0.607. The molecule has 9 heteroatoms. The van der Waals surface area contributed by atoms with E-state index in [9.17, 15) is 25.3 Å². The average molecular weight is 306 g/mol. The van der Waals surface area contributed by atoms with E-state index < -0.39 is 45.1 Å². The maximum atomic E-state index is 11.8. The predicted molar refractivity (Wildman–Crippen MR) is 66.9 cm³/mol. The number of hydrogen-bond donors (Lipinski definition) is 0. The van der Waals surface area contributed by atoms with E-state index in [4.69, 9.17) is 0 Å².